The summed E-state index contributed by atoms with van der Waals surface area (Å²) in [5, 5.41) is 3.33. The van der Waals surface area contributed by atoms with E-state index in [2.05, 4.69) is 29.1 Å². The van der Waals surface area contributed by atoms with E-state index >= 15 is 0 Å². The summed E-state index contributed by atoms with van der Waals surface area (Å²) in [5.74, 6) is 0.894. The highest BCUT2D eigenvalue weighted by Gasteiger charge is 1.99. The Morgan fingerprint density at radius 1 is 1.31 bits per heavy atom. The molecule has 0 saturated carbocycles. The molecule has 0 atom stereocenters. The van der Waals surface area contributed by atoms with Crippen LogP contribution in [0.1, 0.15) is 31.7 Å². The Bertz CT molecular complexity index is 285. The molecule has 1 N–H and O–H groups in total. The van der Waals surface area contributed by atoms with E-state index in [4.69, 9.17) is 4.74 Å². The first-order valence-electron chi connectivity index (χ1n) is 5.74. The smallest absolute Gasteiger partial charge is 0.128 e. The van der Waals surface area contributed by atoms with E-state index < -0.39 is 0 Å². The average Bonchev–Trinajstić information content (AvgIpc) is 2.28. The highest BCUT2D eigenvalue weighted by molar-refractivity contribution is 5.05. The Morgan fingerprint density at radius 3 is 2.56 bits per heavy atom. The molecule has 4 nitrogen and oxygen atoms in total. The van der Waals surface area contributed by atoms with Gasteiger partial charge in [0.05, 0.1) is 0 Å². The third kappa shape index (κ3) is 5.19. The van der Waals surface area contributed by atoms with Crippen molar-refractivity contribution < 1.29 is 4.74 Å². The Balaban J connectivity index is 2.35. The fourth-order valence-electron chi connectivity index (χ4n) is 1.30. The van der Waals surface area contributed by atoms with E-state index in [0.717, 1.165) is 37.4 Å². The Kier molecular flexibility index (Phi) is 5.96. The molecule has 0 aliphatic rings. The van der Waals surface area contributed by atoms with Crippen LogP contribution in [0.5, 0.6) is 0 Å². The summed E-state index contributed by atoms with van der Waals surface area (Å²) in [7, 11) is 1.71. The van der Waals surface area contributed by atoms with Crippen LogP contribution in [0.3, 0.4) is 0 Å². The summed E-state index contributed by atoms with van der Waals surface area (Å²) in [4.78, 5) is 8.64. The minimum Gasteiger partial charge on any atom is -0.385 e. The van der Waals surface area contributed by atoms with Crippen molar-refractivity contribution in [3.63, 3.8) is 0 Å². The summed E-state index contributed by atoms with van der Waals surface area (Å²) >= 11 is 0. The van der Waals surface area contributed by atoms with E-state index in [9.17, 15) is 0 Å². The molecule has 0 aromatic carbocycles. The fourth-order valence-corrected chi connectivity index (χ4v) is 1.30. The maximum absolute atomic E-state index is 4.99. The molecule has 16 heavy (non-hydrogen) atoms. The van der Waals surface area contributed by atoms with Gasteiger partial charge in [0.2, 0.25) is 0 Å². The average molecular weight is 223 g/mol. The molecular weight excluding hydrogens is 202 g/mol. The van der Waals surface area contributed by atoms with Gasteiger partial charge >= 0.3 is 0 Å². The van der Waals surface area contributed by atoms with E-state index in [1.54, 1.807) is 7.11 Å². The molecular formula is C12H21N3O. The number of nitrogens with one attached hydrogen (secondary N) is 1. The van der Waals surface area contributed by atoms with Gasteiger partial charge in [-0.1, -0.05) is 13.8 Å². The topological polar surface area (TPSA) is 47.0 Å². The second-order valence-corrected chi connectivity index (χ2v) is 4.14. The van der Waals surface area contributed by atoms with Gasteiger partial charge in [-0.25, -0.2) is 9.97 Å². The maximum Gasteiger partial charge on any atom is 0.128 e. The van der Waals surface area contributed by atoms with Crippen molar-refractivity contribution in [2.45, 2.75) is 39.3 Å². The molecule has 0 bridgehead atoms. The maximum atomic E-state index is 4.99. The molecule has 0 radical (unpaired) electrons. The largest absolute Gasteiger partial charge is 0.385 e. The van der Waals surface area contributed by atoms with Crippen molar-refractivity contribution in [1.29, 1.82) is 0 Å². The number of hydrogen-bond acceptors (Lipinski definition) is 4. The van der Waals surface area contributed by atoms with Crippen molar-refractivity contribution >= 4 is 0 Å². The highest BCUT2D eigenvalue weighted by atomic mass is 16.5. The van der Waals surface area contributed by atoms with Crippen molar-refractivity contribution in [2.24, 2.45) is 0 Å². The van der Waals surface area contributed by atoms with Gasteiger partial charge in [0, 0.05) is 50.7 Å². The van der Waals surface area contributed by atoms with Gasteiger partial charge in [-0.05, 0) is 6.42 Å². The quantitative estimate of drug-likeness (QED) is 0.712. The summed E-state index contributed by atoms with van der Waals surface area (Å²) in [5.41, 5.74) is 1.13. The number of hydrogen-bond donors (Lipinski definition) is 1. The van der Waals surface area contributed by atoms with Gasteiger partial charge in [-0.15, -0.1) is 0 Å². The van der Waals surface area contributed by atoms with Crippen LogP contribution in [-0.4, -0.2) is 29.7 Å². The Labute approximate surface area is 97.5 Å². The summed E-state index contributed by atoms with van der Waals surface area (Å²) in [6, 6.07) is 0.487. The van der Waals surface area contributed by atoms with Gasteiger partial charge in [-0.3, -0.25) is 0 Å². The Hall–Kier alpha value is -1.00. The lowest BCUT2D eigenvalue weighted by Gasteiger charge is -2.07. The number of nitrogens with zero attached hydrogens (tertiary/aromatic N) is 2. The molecule has 0 fully saturated rings. The molecule has 4 heteroatoms. The van der Waals surface area contributed by atoms with Crippen molar-refractivity contribution in [3.05, 3.63) is 23.8 Å². The second-order valence-electron chi connectivity index (χ2n) is 4.14. The van der Waals surface area contributed by atoms with Gasteiger partial charge in [-0.2, -0.15) is 0 Å². The predicted octanol–water partition coefficient (Wildman–Crippen LogP) is 1.55. The predicted molar refractivity (Wildman–Crippen MR) is 64.2 cm³/mol. The van der Waals surface area contributed by atoms with Crippen LogP contribution in [0.15, 0.2) is 12.4 Å². The van der Waals surface area contributed by atoms with Gasteiger partial charge in [0.25, 0.3) is 0 Å². The summed E-state index contributed by atoms with van der Waals surface area (Å²) < 4.78 is 4.99. The number of aromatic nitrogens is 2. The first-order chi connectivity index (χ1) is 7.72. The van der Waals surface area contributed by atoms with Crippen molar-refractivity contribution in [3.8, 4) is 0 Å². The molecule has 1 heterocycles. The lowest BCUT2D eigenvalue weighted by molar-refractivity contribution is 0.194. The zero-order chi connectivity index (χ0) is 11.8. The van der Waals surface area contributed by atoms with Crippen LogP contribution in [0.25, 0.3) is 0 Å². The zero-order valence-electron chi connectivity index (χ0n) is 10.4. The molecule has 0 unspecified atom stereocenters. The third-order valence-electron chi connectivity index (χ3n) is 2.22. The monoisotopic (exact) mass is 223 g/mol. The molecule has 0 aliphatic heterocycles. The van der Waals surface area contributed by atoms with Gasteiger partial charge < -0.3 is 10.1 Å². The van der Waals surface area contributed by atoms with Crippen LogP contribution < -0.4 is 5.32 Å². The SMILES string of the molecule is COCCCc1ncc(CNC(C)C)cn1. The van der Waals surface area contributed by atoms with Crippen molar-refractivity contribution in [2.75, 3.05) is 13.7 Å². The normalized spacial score (nSPS) is 11.0. The number of aryl methyl sites for hydroxylation is 1. The van der Waals surface area contributed by atoms with Crippen LogP contribution in [0.4, 0.5) is 0 Å². The second kappa shape index (κ2) is 7.30. The number of ether oxygens (including phenoxy) is 1. The minimum atomic E-state index is 0.487. The lowest BCUT2D eigenvalue weighted by atomic mass is 10.3. The molecule has 90 valence electrons. The summed E-state index contributed by atoms with van der Waals surface area (Å²) in [6.07, 6.45) is 5.64. The van der Waals surface area contributed by atoms with Gasteiger partial charge in [0.15, 0.2) is 0 Å². The number of methoxy groups -OCH3 is 1. The minimum absolute atomic E-state index is 0.487. The van der Waals surface area contributed by atoms with Crippen LogP contribution in [-0.2, 0) is 17.7 Å². The Morgan fingerprint density at radius 2 is 2.00 bits per heavy atom. The van der Waals surface area contributed by atoms with Crippen LogP contribution in [0.2, 0.25) is 0 Å². The fraction of sp³-hybridized carbons (Fsp3) is 0.667. The van der Waals surface area contributed by atoms with E-state index in [-0.39, 0.29) is 0 Å². The molecule has 1 rings (SSSR count). The molecule has 0 saturated heterocycles. The molecule has 0 spiro atoms. The molecule has 1 aromatic rings. The lowest BCUT2D eigenvalue weighted by Crippen LogP contribution is -2.22. The standard InChI is InChI=1S/C12H21N3O/c1-10(2)13-7-11-8-14-12(15-9-11)5-4-6-16-3/h8-10,13H,4-7H2,1-3H3. The first kappa shape index (κ1) is 13.1. The van der Waals surface area contributed by atoms with Crippen molar-refractivity contribution in [1.82, 2.24) is 15.3 Å². The first-order valence-corrected chi connectivity index (χ1v) is 5.74. The highest BCUT2D eigenvalue weighted by Crippen LogP contribution is 1.99. The third-order valence-corrected chi connectivity index (χ3v) is 2.22. The van der Waals surface area contributed by atoms with E-state index in [1.807, 2.05) is 12.4 Å². The summed E-state index contributed by atoms with van der Waals surface area (Å²) in [6.45, 7) is 5.84. The van der Waals surface area contributed by atoms with E-state index in [1.165, 1.54) is 0 Å². The van der Waals surface area contributed by atoms with E-state index in [0.29, 0.717) is 6.04 Å². The van der Waals surface area contributed by atoms with Crippen LogP contribution >= 0.6 is 0 Å². The zero-order valence-corrected chi connectivity index (χ0v) is 10.4. The van der Waals surface area contributed by atoms with Gasteiger partial charge in [0.1, 0.15) is 5.82 Å². The number of rotatable bonds is 7. The molecule has 1 aromatic heterocycles. The molecule has 0 aliphatic carbocycles. The van der Waals surface area contributed by atoms with Crippen LogP contribution in [0, 0.1) is 0 Å². The molecule has 0 amide bonds.